The number of amides is 1. The van der Waals surface area contributed by atoms with E-state index >= 15 is 0 Å². The number of fused-ring (bicyclic) bond motifs is 1. The van der Waals surface area contributed by atoms with Crippen LogP contribution in [0.2, 0.25) is 0 Å². The minimum absolute atomic E-state index is 0.0624. The zero-order valence-electron chi connectivity index (χ0n) is 13.6. The quantitative estimate of drug-likeness (QED) is 0.754. The van der Waals surface area contributed by atoms with Gasteiger partial charge in [0.2, 0.25) is 5.91 Å². The molecule has 1 saturated heterocycles. The molecule has 6 nitrogen and oxygen atoms in total. The Bertz CT molecular complexity index is 814. The Balaban J connectivity index is 1.71. The predicted molar refractivity (Wildman–Crippen MR) is 93.8 cm³/mol. The molecule has 0 saturated carbocycles. The van der Waals surface area contributed by atoms with Crippen LogP contribution in [0.5, 0.6) is 0 Å². The number of hydrogen-bond acceptors (Lipinski definition) is 6. The lowest BCUT2D eigenvalue weighted by Crippen LogP contribution is -2.44. The molecule has 2 atom stereocenters. The number of sulfone groups is 1. The molecule has 2 heterocycles. The molecule has 1 aromatic carbocycles. The van der Waals surface area contributed by atoms with E-state index in [1.807, 2.05) is 31.2 Å². The summed E-state index contributed by atoms with van der Waals surface area (Å²) < 4.78 is 29.0. The van der Waals surface area contributed by atoms with Crippen molar-refractivity contribution in [3.05, 3.63) is 24.3 Å². The fourth-order valence-corrected chi connectivity index (χ4v) is 5.51. The van der Waals surface area contributed by atoms with Crippen molar-refractivity contribution in [3.63, 3.8) is 0 Å². The van der Waals surface area contributed by atoms with Crippen LogP contribution < -0.4 is 0 Å². The average Bonchev–Trinajstić information content (AvgIpc) is 3.10. The molecular weight excluding hydrogens is 348 g/mol. The second kappa shape index (κ2) is 6.76. The van der Waals surface area contributed by atoms with Gasteiger partial charge in [-0.3, -0.25) is 4.79 Å². The molecule has 2 aromatic rings. The largest absolute Gasteiger partial charge is 0.431 e. The summed E-state index contributed by atoms with van der Waals surface area (Å²) in [7, 11) is -3.02. The molecule has 0 aliphatic carbocycles. The summed E-state index contributed by atoms with van der Waals surface area (Å²) in [5.74, 6) is 0.146. The van der Waals surface area contributed by atoms with E-state index in [9.17, 15) is 13.2 Å². The Morgan fingerprint density at radius 2 is 2.21 bits per heavy atom. The van der Waals surface area contributed by atoms with Crippen LogP contribution in [0.25, 0.3) is 11.1 Å². The molecule has 130 valence electrons. The van der Waals surface area contributed by atoms with Crippen molar-refractivity contribution in [2.75, 3.05) is 18.1 Å². The van der Waals surface area contributed by atoms with Gasteiger partial charge in [0.15, 0.2) is 15.4 Å². The van der Waals surface area contributed by atoms with Gasteiger partial charge < -0.3 is 9.32 Å². The highest BCUT2D eigenvalue weighted by Crippen LogP contribution is 2.28. The molecule has 1 aliphatic heterocycles. The van der Waals surface area contributed by atoms with Gasteiger partial charge in [0.1, 0.15) is 5.52 Å². The summed E-state index contributed by atoms with van der Waals surface area (Å²) in [6.45, 7) is 4.17. The monoisotopic (exact) mass is 368 g/mol. The van der Waals surface area contributed by atoms with Crippen molar-refractivity contribution < 1.29 is 17.6 Å². The second-order valence-electron chi connectivity index (χ2n) is 5.89. The number of carbonyl (C=O) groups excluding carboxylic acids is 1. The molecule has 1 aliphatic rings. The summed E-state index contributed by atoms with van der Waals surface area (Å²) in [5.41, 5.74) is 1.45. The lowest BCUT2D eigenvalue weighted by molar-refractivity contribution is -0.131. The number of thioether (sulfide) groups is 1. The molecule has 24 heavy (non-hydrogen) atoms. The van der Waals surface area contributed by atoms with E-state index in [4.69, 9.17) is 4.42 Å². The van der Waals surface area contributed by atoms with Crippen molar-refractivity contribution >= 4 is 38.6 Å². The van der Waals surface area contributed by atoms with Gasteiger partial charge in [0.25, 0.3) is 5.22 Å². The highest BCUT2D eigenvalue weighted by molar-refractivity contribution is 8.00. The van der Waals surface area contributed by atoms with Gasteiger partial charge in [0, 0.05) is 12.6 Å². The number of rotatable bonds is 5. The zero-order chi connectivity index (χ0) is 17.3. The third-order valence-corrected chi connectivity index (χ3v) is 6.85. The smallest absolute Gasteiger partial charge is 0.257 e. The highest BCUT2D eigenvalue weighted by Gasteiger charge is 2.35. The van der Waals surface area contributed by atoms with Gasteiger partial charge in [-0.1, -0.05) is 23.9 Å². The Hall–Kier alpha value is -1.54. The van der Waals surface area contributed by atoms with Crippen molar-refractivity contribution in [1.29, 1.82) is 0 Å². The van der Waals surface area contributed by atoms with Crippen LogP contribution in [0.4, 0.5) is 0 Å². The number of para-hydroxylation sites is 2. The lowest BCUT2D eigenvalue weighted by Gasteiger charge is -2.28. The third-order valence-electron chi connectivity index (χ3n) is 4.17. The minimum Gasteiger partial charge on any atom is -0.431 e. The number of hydrogen-bond donors (Lipinski definition) is 0. The Kier molecular flexibility index (Phi) is 4.87. The first-order chi connectivity index (χ1) is 11.4. The standard InChI is InChI=1S/C16H20N2O4S2/c1-3-18(12-8-9-24(20,21)10-12)15(19)11(2)23-16-17-13-6-4-5-7-14(13)22-16/h4-7,11-12H,3,8-10H2,1-2H3/t11-,12+/m1/s1. The SMILES string of the molecule is CCN(C(=O)[C@@H](C)Sc1nc2ccccc2o1)[C@H]1CCS(=O)(=O)C1. The van der Waals surface area contributed by atoms with Gasteiger partial charge in [-0.15, -0.1) is 0 Å². The second-order valence-corrected chi connectivity index (χ2v) is 9.41. The van der Waals surface area contributed by atoms with Crippen molar-refractivity contribution in [2.45, 2.75) is 36.8 Å². The van der Waals surface area contributed by atoms with Crippen LogP contribution in [-0.4, -0.2) is 53.6 Å². The molecular formula is C16H20N2O4S2. The number of benzene rings is 1. The number of aromatic nitrogens is 1. The van der Waals surface area contributed by atoms with Crippen LogP contribution in [0.15, 0.2) is 33.9 Å². The summed E-state index contributed by atoms with van der Waals surface area (Å²) in [4.78, 5) is 18.8. The average molecular weight is 368 g/mol. The molecule has 0 spiro atoms. The van der Waals surface area contributed by atoms with E-state index in [0.717, 1.165) is 5.52 Å². The number of nitrogens with zero attached hydrogens (tertiary/aromatic N) is 2. The maximum absolute atomic E-state index is 12.7. The van der Waals surface area contributed by atoms with E-state index in [0.29, 0.717) is 23.8 Å². The summed E-state index contributed by atoms with van der Waals surface area (Å²) in [5, 5.41) is 0.0634. The van der Waals surface area contributed by atoms with Gasteiger partial charge >= 0.3 is 0 Å². The molecule has 1 aromatic heterocycles. The lowest BCUT2D eigenvalue weighted by atomic mass is 10.2. The highest BCUT2D eigenvalue weighted by atomic mass is 32.2. The van der Waals surface area contributed by atoms with Crippen molar-refractivity contribution in [1.82, 2.24) is 9.88 Å². The summed E-state index contributed by atoms with van der Waals surface area (Å²) >= 11 is 1.26. The van der Waals surface area contributed by atoms with Gasteiger partial charge in [-0.2, -0.15) is 0 Å². The fraction of sp³-hybridized carbons (Fsp3) is 0.500. The normalized spacial score (nSPS) is 21.0. The first-order valence-electron chi connectivity index (χ1n) is 7.93. The molecule has 0 radical (unpaired) electrons. The Morgan fingerprint density at radius 3 is 2.83 bits per heavy atom. The van der Waals surface area contributed by atoms with E-state index in [-0.39, 0.29) is 28.7 Å². The summed E-state index contributed by atoms with van der Waals surface area (Å²) in [6.07, 6.45) is 0.516. The molecule has 0 unspecified atom stereocenters. The van der Waals surface area contributed by atoms with Crippen LogP contribution >= 0.6 is 11.8 Å². The third kappa shape index (κ3) is 3.59. The topological polar surface area (TPSA) is 80.5 Å². The fourth-order valence-electron chi connectivity index (χ4n) is 2.95. The molecule has 3 rings (SSSR count). The first kappa shape index (κ1) is 17.3. The Morgan fingerprint density at radius 1 is 1.46 bits per heavy atom. The predicted octanol–water partition coefficient (Wildman–Crippen LogP) is 2.34. The molecule has 1 amide bonds. The van der Waals surface area contributed by atoms with E-state index in [2.05, 4.69) is 4.98 Å². The van der Waals surface area contributed by atoms with Crippen molar-refractivity contribution in [2.24, 2.45) is 0 Å². The van der Waals surface area contributed by atoms with Crippen LogP contribution in [0.1, 0.15) is 20.3 Å². The van der Waals surface area contributed by atoms with Crippen LogP contribution in [-0.2, 0) is 14.6 Å². The van der Waals surface area contributed by atoms with E-state index in [1.54, 1.807) is 11.8 Å². The van der Waals surface area contributed by atoms with E-state index < -0.39 is 9.84 Å². The van der Waals surface area contributed by atoms with E-state index in [1.165, 1.54) is 11.8 Å². The van der Waals surface area contributed by atoms with Gasteiger partial charge in [-0.25, -0.2) is 13.4 Å². The maximum Gasteiger partial charge on any atom is 0.257 e. The maximum atomic E-state index is 12.7. The first-order valence-corrected chi connectivity index (χ1v) is 10.6. The molecule has 0 N–H and O–H groups in total. The molecule has 8 heteroatoms. The molecule has 0 bridgehead atoms. The minimum atomic E-state index is -3.02. The Labute approximate surface area is 145 Å². The zero-order valence-corrected chi connectivity index (χ0v) is 15.3. The number of carbonyl (C=O) groups is 1. The van der Waals surface area contributed by atoms with Crippen LogP contribution in [0.3, 0.4) is 0 Å². The van der Waals surface area contributed by atoms with Gasteiger partial charge in [-0.05, 0) is 32.4 Å². The van der Waals surface area contributed by atoms with Crippen molar-refractivity contribution in [3.8, 4) is 0 Å². The number of oxazole rings is 1. The summed E-state index contributed by atoms with van der Waals surface area (Å²) in [6, 6.07) is 7.22. The molecule has 1 fully saturated rings. The van der Waals surface area contributed by atoms with Crippen LogP contribution in [0, 0.1) is 0 Å². The van der Waals surface area contributed by atoms with Gasteiger partial charge in [0.05, 0.1) is 16.8 Å².